The molecule has 27 heavy (non-hydrogen) atoms. The first-order valence-electron chi connectivity index (χ1n) is 8.28. The summed E-state index contributed by atoms with van der Waals surface area (Å²) in [4.78, 5) is 37.9. The van der Waals surface area contributed by atoms with E-state index < -0.39 is 23.5 Å². The lowest BCUT2D eigenvalue weighted by atomic mass is 10.1. The van der Waals surface area contributed by atoms with Crippen molar-refractivity contribution in [3.63, 3.8) is 0 Å². The number of hydrazine groups is 1. The van der Waals surface area contributed by atoms with Crippen molar-refractivity contribution in [2.45, 2.75) is 6.42 Å². The molecule has 0 saturated carbocycles. The lowest BCUT2D eigenvalue weighted by Gasteiger charge is -2.16. The normalized spacial score (nSPS) is 16.1. The van der Waals surface area contributed by atoms with Gasteiger partial charge in [0, 0.05) is 24.2 Å². The van der Waals surface area contributed by atoms with Crippen LogP contribution in [0.1, 0.15) is 16.8 Å². The van der Waals surface area contributed by atoms with Gasteiger partial charge in [0.25, 0.3) is 5.91 Å². The first kappa shape index (κ1) is 18.4. The van der Waals surface area contributed by atoms with Crippen molar-refractivity contribution < 1.29 is 23.5 Å². The molecule has 1 heterocycles. The van der Waals surface area contributed by atoms with Crippen LogP contribution < -0.4 is 20.5 Å². The average Bonchev–Trinajstić information content (AvgIpc) is 3.08. The number of hydrogen-bond donors (Lipinski definition) is 2. The number of carbonyl (C=O) groups excluding carboxylic acids is 3. The van der Waals surface area contributed by atoms with Crippen LogP contribution in [0.25, 0.3) is 0 Å². The highest BCUT2D eigenvalue weighted by Gasteiger charge is 2.35. The van der Waals surface area contributed by atoms with Gasteiger partial charge in [-0.05, 0) is 48.5 Å². The van der Waals surface area contributed by atoms with Crippen LogP contribution in [0, 0.1) is 11.7 Å². The van der Waals surface area contributed by atoms with E-state index in [2.05, 4.69) is 10.9 Å². The quantitative estimate of drug-likeness (QED) is 0.800. The standard InChI is InChI=1S/C19H18FN3O4/c1-27-16-8-2-12(3-9-16)18(25)21-22-19(26)13-10-17(24)23(11-13)15-6-4-14(20)5-7-15/h2-9,13H,10-11H2,1H3,(H,21,25)(H,22,26)/t13-/m0/s1. The highest BCUT2D eigenvalue weighted by molar-refractivity contribution is 6.01. The van der Waals surface area contributed by atoms with Crippen molar-refractivity contribution >= 4 is 23.4 Å². The van der Waals surface area contributed by atoms with Gasteiger partial charge < -0.3 is 9.64 Å². The lowest BCUT2D eigenvalue weighted by Crippen LogP contribution is -2.45. The van der Waals surface area contributed by atoms with Gasteiger partial charge in [0.1, 0.15) is 11.6 Å². The molecule has 0 aromatic heterocycles. The van der Waals surface area contributed by atoms with E-state index in [-0.39, 0.29) is 18.9 Å². The summed E-state index contributed by atoms with van der Waals surface area (Å²) in [5.74, 6) is -1.58. The zero-order chi connectivity index (χ0) is 19.4. The second kappa shape index (κ2) is 7.86. The van der Waals surface area contributed by atoms with Crippen molar-refractivity contribution in [1.29, 1.82) is 0 Å². The minimum atomic E-state index is -0.612. The Labute approximate surface area is 155 Å². The number of ether oxygens (including phenoxy) is 1. The molecule has 2 aromatic carbocycles. The van der Waals surface area contributed by atoms with Gasteiger partial charge in [0.15, 0.2) is 0 Å². The third-order valence-electron chi connectivity index (χ3n) is 4.29. The summed E-state index contributed by atoms with van der Waals surface area (Å²) in [6, 6.07) is 11.9. The summed E-state index contributed by atoms with van der Waals surface area (Å²) in [6.45, 7) is 0.161. The number of amides is 3. The second-order valence-corrected chi connectivity index (χ2v) is 6.05. The first-order chi connectivity index (χ1) is 13.0. The Balaban J connectivity index is 1.55. The maximum absolute atomic E-state index is 13.0. The van der Waals surface area contributed by atoms with Crippen molar-refractivity contribution in [3.8, 4) is 5.75 Å². The van der Waals surface area contributed by atoms with Gasteiger partial charge in [-0.1, -0.05) is 0 Å². The topological polar surface area (TPSA) is 87.7 Å². The SMILES string of the molecule is COc1ccc(C(=O)NNC(=O)[C@H]2CC(=O)N(c3ccc(F)cc3)C2)cc1. The molecule has 8 heteroatoms. The zero-order valence-corrected chi connectivity index (χ0v) is 14.6. The number of hydrogen-bond acceptors (Lipinski definition) is 4. The average molecular weight is 371 g/mol. The smallest absolute Gasteiger partial charge is 0.269 e. The van der Waals surface area contributed by atoms with Crippen LogP contribution in [-0.2, 0) is 9.59 Å². The van der Waals surface area contributed by atoms with Crippen LogP contribution in [0.4, 0.5) is 10.1 Å². The Hall–Kier alpha value is -3.42. The molecule has 2 aromatic rings. The Bertz CT molecular complexity index is 852. The fourth-order valence-corrected chi connectivity index (χ4v) is 2.79. The summed E-state index contributed by atoms with van der Waals surface area (Å²) in [6.07, 6.45) is 0.0155. The molecule has 1 fully saturated rings. The molecule has 0 spiro atoms. The summed E-state index contributed by atoms with van der Waals surface area (Å²) in [5.41, 5.74) is 5.56. The van der Waals surface area contributed by atoms with Crippen molar-refractivity contribution in [2.75, 3.05) is 18.6 Å². The van der Waals surface area contributed by atoms with Crippen LogP contribution in [-0.4, -0.2) is 31.4 Å². The van der Waals surface area contributed by atoms with Gasteiger partial charge in [0.2, 0.25) is 11.8 Å². The Morgan fingerprint density at radius 1 is 1.07 bits per heavy atom. The number of nitrogens with zero attached hydrogens (tertiary/aromatic N) is 1. The van der Waals surface area contributed by atoms with Gasteiger partial charge in [-0.3, -0.25) is 25.2 Å². The fourth-order valence-electron chi connectivity index (χ4n) is 2.79. The molecule has 7 nitrogen and oxygen atoms in total. The van der Waals surface area contributed by atoms with Gasteiger partial charge in [0.05, 0.1) is 13.0 Å². The van der Waals surface area contributed by atoms with E-state index in [0.717, 1.165) is 0 Å². The van der Waals surface area contributed by atoms with Gasteiger partial charge in [-0.15, -0.1) is 0 Å². The third-order valence-corrected chi connectivity index (χ3v) is 4.29. The van der Waals surface area contributed by atoms with Gasteiger partial charge in [-0.2, -0.15) is 0 Å². The maximum atomic E-state index is 13.0. The molecule has 0 bridgehead atoms. The Kier molecular flexibility index (Phi) is 5.35. The highest BCUT2D eigenvalue weighted by atomic mass is 19.1. The fraction of sp³-hybridized carbons (Fsp3) is 0.211. The van der Waals surface area contributed by atoms with E-state index in [4.69, 9.17) is 4.74 Å². The predicted molar refractivity (Wildman–Crippen MR) is 95.5 cm³/mol. The van der Waals surface area contributed by atoms with E-state index in [1.54, 1.807) is 24.3 Å². The molecule has 1 saturated heterocycles. The van der Waals surface area contributed by atoms with Crippen molar-refractivity contribution in [3.05, 3.63) is 59.9 Å². The number of methoxy groups -OCH3 is 1. The van der Waals surface area contributed by atoms with Gasteiger partial charge >= 0.3 is 0 Å². The molecule has 1 aliphatic rings. The number of benzene rings is 2. The molecular formula is C19H18FN3O4. The van der Waals surface area contributed by atoms with Crippen LogP contribution in [0.15, 0.2) is 48.5 Å². The van der Waals surface area contributed by atoms with E-state index >= 15 is 0 Å². The number of anilines is 1. The Morgan fingerprint density at radius 2 is 1.74 bits per heavy atom. The molecule has 0 unspecified atom stereocenters. The van der Waals surface area contributed by atoms with Crippen LogP contribution in [0.2, 0.25) is 0 Å². The van der Waals surface area contributed by atoms with Crippen molar-refractivity contribution in [1.82, 2.24) is 10.9 Å². The van der Waals surface area contributed by atoms with Crippen molar-refractivity contribution in [2.24, 2.45) is 5.92 Å². The van der Waals surface area contributed by atoms with E-state index in [1.807, 2.05) is 0 Å². The molecule has 1 aliphatic heterocycles. The summed E-state index contributed by atoms with van der Waals surface area (Å²) in [7, 11) is 1.52. The summed E-state index contributed by atoms with van der Waals surface area (Å²) < 4.78 is 18.0. The first-order valence-corrected chi connectivity index (χ1v) is 8.28. The van der Waals surface area contributed by atoms with Crippen LogP contribution in [0.5, 0.6) is 5.75 Å². The van der Waals surface area contributed by atoms with Crippen LogP contribution >= 0.6 is 0 Å². The number of halogens is 1. The molecule has 1 atom stereocenters. The molecule has 3 amide bonds. The number of nitrogens with one attached hydrogen (secondary N) is 2. The monoisotopic (exact) mass is 371 g/mol. The largest absolute Gasteiger partial charge is 0.497 e. The summed E-state index contributed by atoms with van der Waals surface area (Å²) >= 11 is 0. The van der Waals surface area contributed by atoms with E-state index in [0.29, 0.717) is 17.0 Å². The molecule has 0 radical (unpaired) electrons. The van der Waals surface area contributed by atoms with Crippen LogP contribution in [0.3, 0.4) is 0 Å². The molecule has 3 rings (SSSR count). The molecule has 2 N–H and O–H groups in total. The second-order valence-electron chi connectivity index (χ2n) is 6.05. The minimum Gasteiger partial charge on any atom is -0.497 e. The number of carbonyl (C=O) groups is 3. The third kappa shape index (κ3) is 4.22. The Morgan fingerprint density at radius 3 is 2.37 bits per heavy atom. The minimum absolute atomic E-state index is 0.0155. The molecule has 140 valence electrons. The highest BCUT2D eigenvalue weighted by Crippen LogP contribution is 2.25. The zero-order valence-electron chi connectivity index (χ0n) is 14.6. The van der Waals surface area contributed by atoms with E-state index in [9.17, 15) is 18.8 Å². The van der Waals surface area contributed by atoms with E-state index in [1.165, 1.54) is 36.3 Å². The maximum Gasteiger partial charge on any atom is 0.269 e. The molecule has 0 aliphatic carbocycles. The predicted octanol–water partition coefficient (Wildman–Crippen LogP) is 1.65. The summed E-state index contributed by atoms with van der Waals surface area (Å²) in [5, 5.41) is 0. The molecular weight excluding hydrogens is 353 g/mol. The van der Waals surface area contributed by atoms with Gasteiger partial charge in [-0.25, -0.2) is 4.39 Å². The number of rotatable bonds is 4. The lowest BCUT2D eigenvalue weighted by molar-refractivity contribution is -0.126.